The summed E-state index contributed by atoms with van der Waals surface area (Å²) in [6.07, 6.45) is 13.4. The van der Waals surface area contributed by atoms with Crippen molar-refractivity contribution in [1.82, 2.24) is 14.5 Å². The first-order valence-electron chi connectivity index (χ1n) is 8.61. The molecular weight excluding hydrogens is 296 g/mol. The number of imidazole rings is 1. The zero-order chi connectivity index (χ0) is 16.5. The van der Waals surface area contributed by atoms with Gasteiger partial charge in [-0.15, -0.1) is 0 Å². The Morgan fingerprint density at radius 1 is 1.25 bits per heavy atom. The maximum absolute atomic E-state index is 4.60. The number of hydrogen-bond donors (Lipinski definition) is 0. The molecule has 4 heteroatoms. The number of allylic oxidation sites excluding steroid dienone is 1. The van der Waals surface area contributed by atoms with Gasteiger partial charge >= 0.3 is 0 Å². The topological polar surface area (TPSA) is 33.4 Å². The Morgan fingerprint density at radius 2 is 2.17 bits per heavy atom. The van der Waals surface area contributed by atoms with Crippen molar-refractivity contribution in [2.75, 3.05) is 6.54 Å². The standard InChI is InChI=1S/C20H22N4/c1-3-5-16-6-4-7-18-17(16)8-10-23-11-9-21-20(12-19(18)23)24-13-15(2)22-14-24/h4,6-7,9,11-14H,3,5,8,10H2,1-2H3. The van der Waals surface area contributed by atoms with Gasteiger partial charge in [-0.25, -0.2) is 9.98 Å². The minimum Gasteiger partial charge on any atom is -0.346 e. The molecule has 0 N–H and O–H groups in total. The molecule has 0 bridgehead atoms. The third-order valence-corrected chi connectivity index (χ3v) is 4.68. The summed E-state index contributed by atoms with van der Waals surface area (Å²) in [4.78, 5) is 11.2. The van der Waals surface area contributed by atoms with Crippen molar-refractivity contribution in [2.24, 2.45) is 4.99 Å². The second-order valence-corrected chi connectivity index (χ2v) is 6.37. The van der Waals surface area contributed by atoms with Crippen molar-refractivity contribution >= 4 is 11.5 Å². The van der Waals surface area contributed by atoms with E-state index in [0.29, 0.717) is 0 Å². The summed E-state index contributed by atoms with van der Waals surface area (Å²) in [5, 5.41) is 0. The molecular formula is C20H22N4. The molecule has 0 amide bonds. The van der Waals surface area contributed by atoms with Crippen LogP contribution in [0.2, 0.25) is 0 Å². The van der Waals surface area contributed by atoms with Gasteiger partial charge < -0.3 is 4.90 Å². The molecule has 3 heterocycles. The van der Waals surface area contributed by atoms with Gasteiger partial charge in [0.2, 0.25) is 0 Å². The Hall–Kier alpha value is -2.62. The fraction of sp³-hybridized carbons (Fsp3) is 0.300. The van der Waals surface area contributed by atoms with E-state index in [2.05, 4.69) is 52.3 Å². The summed E-state index contributed by atoms with van der Waals surface area (Å²) in [6, 6.07) is 6.70. The molecule has 4 nitrogen and oxygen atoms in total. The van der Waals surface area contributed by atoms with Crippen molar-refractivity contribution < 1.29 is 0 Å². The van der Waals surface area contributed by atoms with E-state index in [9.17, 15) is 0 Å². The lowest BCUT2D eigenvalue weighted by atomic mass is 9.90. The van der Waals surface area contributed by atoms with E-state index in [1.54, 1.807) is 0 Å². The maximum atomic E-state index is 4.60. The fourth-order valence-electron chi connectivity index (χ4n) is 3.53. The smallest absolute Gasteiger partial charge is 0.139 e. The number of benzene rings is 1. The number of aryl methyl sites for hydroxylation is 2. The van der Waals surface area contributed by atoms with Gasteiger partial charge in [-0.05, 0) is 30.9 Å². The molecule has 0 saturated carbocycles. The Balaban J connectivity index is 1.81. The number of rotatable bonds is 2. The van der Waals surface area contributed by atoms with Crippen LogP contribution in [-0.2, 0) is 12.8 Å². The molecule has 0 aliphatic carbocycles. The summed E-state index contributed by atoms with van der Waals surface area (Å²) in [5.74, 6) is 0.901. The van der Waals surface area contributed by atoms with Crippen LogP contribution in [0.1, 0.15) is 35.7 Å². The molecule has 122 valence electrons. The van der Waals surface area contributed by atoms with Crippen molar-refractivity contribution in [1.29, 1.82) is 0 Å². The lowest BCUT2D eigenvalue weighted by Crippen LogP contribution is -2.26. The molecule has 24 heavy (non-hydrogen) atoms. The summed E-state index contributed by atoms with van der Waals surface area (Å²) < 4.78 is 1.99. The van der Waals surface area contributed by atoms with Crippen molar-refractivity contribution in [3.05, 3.63) is 71.6 Å². The van der Waals surface area contributed by atoms with E-state index >= 15 is 0 Å². The van der Waals surface area contributed by atoms with E-state index in [0.717, 1.165) is 30.9 Å². The maximum Gasteiger partial charge on any atom is 0.139 e. The highest BCUT2D eigenvalue weighted by atomic mass is 15.2. The van der Waals surface area contributed by atoms with Gasteiger partial charge in [-0.2, -0.15) is 0 Å². The van der Waals surface area contributed by atoms with Gasteiger partial charge in [0.25, 0.3) is 0 Å². The number of nitrogens with zero attached hydrogens (tertiary/aromatic N) is 4. The Bertz CT molecular complexity index is 854. The zero-order valence-corrected chi connectivity index (χ0v) is 14.2. The van der Waals surface area contributed by atoms with Crippen molar-refractivity contribution in [3.8, 4) is 0 Å². The molecule has 0 atom stereocenters. The number of fused-ring (bicyclic) bond motifs is 3. The first kappa shape index (κ1) is 14.9. The van der Waals surface area contributed by atoms with Crippen LogP contribution < -0.4 is 0 Å². The van der Waals surface area contributed by atoms with Gasteiger partial charge in [0.1, 0.15) is 12.2 Å². The molecule has 0 saturated heterocycles. The second-order valence-electron chi connectivity index (χ2n) is 6.37. The lowest BCUT2D eigenvalue weighted by Gasteiger charge is -2.31. The average Bonchev–Trinajstić information content (AvgIpc) is 2.90. The van der Waals surface area contributed by atoms with Gasteiger partial charge in [0.05, 0.1) is 11.4 Å². The monoisotopic (exact) mass is 318 g/mol. The van der Waals surface area contributed by atoms with Crippen LogP contribution >= 0.6 is 0 Å². The van der Waals surface area contributed by atoms with Crippen LogP contribution in [0.25, 0.3) is 5.70 Å². The molecule has 1 aromatic heterocycles. The second kappa shape index (κ2) is 6.11. The van der Waals surface area contributed by atoms with Gasteiger partial charge in [-0.1, -0.05) is 31.5 Å². The third kappa shape index (κ3) is 2.58. The van der Waals surface area contributed by atoms with Crippen LogP contribution in [-0.4, -0.2) is 26.8 Å². The molecule has 0 unspecified atom stereocenters. The summed E-state index contributed by atoms with van der Waals surface area (Å²) in [6.45, 7) is 5.24. The molecule has 2 aliphatic heterocycles. The number of hydrogen-bond acceptors (Lipinski definition) is 3. The Labute approximate surface area is 142 Å². The van der Waals surface area contributed by atoms with Crippen molar-refractivity contribution in [3.63, 3.8) is 0 Å². The molecule has 0 spiro atoms. The van der Waals surface area contributed by atoms with Crippen LogP contribution in [0.15, 0.2) is 54.2 Å². The summed E-state index contributed by atoms with van der Waals surface area (Å²) >= 11 is 0. The van der Waals surface area contributed by atoms with Gasteiger partial charge in [0, 0.05) is 36.8 Å². The van der Waals surface area contributed by atoms with E-state index in [1.165, 1.54) is 28.8 Å². The van der Waals surface area contributed by atoms with Crippen molar-refractivity contribution in [2.45, 2.75) is 33.1 Å². The molecule has 0 fully saturated rings. The SMILES string of the molecule is CCCc1cccc2c1CCN1C=CN=C(n3cnc(C)c3)C=C21. The number of aromatic nitrogens is 2. The molecule has 4 rings (SSSR count). The predicted molar refractivity (Wildman–Crippen MR) is 97.8 cm³/mol. The van der Waals surface area contributed by atoms with Crippen LogP contribution in [0, 0.1) is 6.92 Å². The molecule has 1 aromatic carbocycles. The number of aliphatic imine (C=N–C) groups is 1. The van der Waals surface area contributed by atoms with E-state index in [4.69, 9.17) is 0 Å². The zero-order valence-electron chi connectivity index (χ0n) is 14.2. The molecule has 2 aliphatic rings. The van der Waals surface area contributed by atoms with Gasteiger partial charge in [0.15, 0.2) is 0 Å². The highest BCUT2D eigenvalue weighted by Gasteiger charge is 2.23. The quantitative estimate of drug-likeness (QED) is 0.844. The van der Waals surface area contributed by atoms with Crippen LogP contribution in [0.4, 0.5) is 0 Å². The van der Waals surface area contributed by atoms with Crippen LogP contribution in [0.3, 0.4) is 0 Å². The largest absolute Gasteiger partial charge is 0.346 e. The Morgan fingerprint density at radius 3 is 2.96 bits per heavy atom. The normalized spacial score (nSPS) is 16.2. The first-order chi connectivity index (χ1) is 11.8. The highest BCUT2D eigenvalue weighted by molar-refractivity contribution is 6.01. The third-order valence-electron chi connectivity index (χ3n) is 4.68. The summed E-state index contributed by atoms with van der Waals surface area (Å²) in [5.41, 5.74) is 6.55. The first-order valence-corrected chi connectivity index (χ1v) is 8.61. The average molecular weight is 318 g/mol. The minimum absolute atomic E-state index is 0.901. The van der Waals surface area contributed by atoms with E-state index in [-0.39, 0.29) is 0 Å². The van der Waals surface area contributed by atoms with E-state index < -0.39 is 0 Å². The molecule has 2 aromatic rings. The fourth-order valence-corrected chi connectivity index (χ4v) is 3.53. The van der Waals surface area contributed by atoms with Crippen LogP contribution in [0.5, 0.6) is 0 Å². The van der Waals surface area contributed by atoms with Gasteiger partial charge in [-0.3, -0.25) is 4.57 Å². The predicted octanol–water partition coefficient (Wildman–Crippen LogP) is 3.77. The van der Waals surface area contributed by atoms with E-state index in [1.807, 2.05) is 30.2 Å². The lowest BCUT2D eigenvalue weighted by molar-refractivity contribution is 0.513. The highest BCUT2D eigenvalue weighted by Crippen LogP contribution is 2.32. The Kier molecular flexibility index (Phi) is 3.81. The minimum atomic E-state index is 0.901. The molecule has 0 radical (unpaired) electrons. The summed E-state index contributed by atoms with van der Waals surface area (Å²) in [7, 11) is 0.